The number of sulfonamides is 1. The van der Waals surface area contributed by atoms with E-state index in [2.05, 4.69) is 0 Å². The van der Waals surface area contributed by atoms with Gasteiger partial charge in [0.2, 0.25) is 15.9 Å². The van der Waals surface area contributed by atoms with E-state index in [4.69, 9.17) is 0 Å². The maximum atomic E-state index is 13.1. The van der Waals surface area contributed by atoms with Crippen LogP contribution in [0, 0.1) is 6.92 Å². The third-order valence-electron chi connectivity index (χ3n) is 4.69. The Kier molecular flexibility index (Phi) is 5.04. The molecule has 1 heterocycles. The van der Waals surface area contributed by atoms with Gasteiger partial charge in [-0.15, -0.1) is 11.8 Å². The highest BCUT2D eigenvalue weighted by Crippen LogP contribution is 2.36. The number of aryl methyl sites for hydroxylation is 1. The van der Waals surface area contributed by atoms with Gasteiger partial charge in [0, 0.05) is 18.8 Å². The molecule has 144 valence electrons. The number of thioether (sulfide) groups is 1. The summed E-state index contributed by atoms with van der Waals surface area (Å²) in [6, 6.07) is 2.21. The first-order chi connectivity index (χ1) is 12.0. The van der Waals surface area contributed by atoms with E-state index in [1.807, 2.05) is 0 Å². The molecular formula is C16H19F3N2O3S2. The van der Waals surface area contributed by atoms with Crippen molar-refractivity contribution in [3.8, 4) is 0 Å². The van der Waals surface area contributed by atoms with Crippen molar-refractivity contribution in [1.82, 2.24) is 9.21 Å². The molecule has 1 saturated carbocycles. The van der Waals surface area contributed by atoms with Gasteiger partial charge in [-0.3, -0.25) is 4.79 Å². The molecule has 1 amide bonds. The SMILES string of the molecule is Cc1ccc(S(=O)(=O)N2CSCC2C(=O)N(C)C2CC2)cc1C(F)(F)F. The van der Waals surface area contributed by atoms with Crippen LogP contribution in [0.5, 0.6) is 0 Å². The lowest BCUT2D eigenvalue weighted by Crippen LogP contribution is -2.48. The average molecular weight is 408 g/mol. The molecule has 10 heteroatoms. The summed E-state index contributed by atoms with van der Waals surface area (Å²) in [5.74, 6) is 0.0452. The van der Waals surface area contributed by atoms with Gasteiger partial charge < -0.3 is 4.90 Å². The second-order valence-corrected chi connectivity index (χ2v) is 9.45. The summed E-state index contributed by atoms with van der Waals surface area (Å²) < 4.78 is 66.2. The fraction of sp³-hybridized carbons (Fsp3) is 0.562. The van der Waals surface area contributed by atoms with E-state index in [0.29, 0.717) is 11.8 Å². The van der Waals surface area contributed by atoms with Crippen molar-refractivity contribution >= 4 is 27.7 Å². The van der Waals surface area contributed by atoms with Crippen LogP contribution in [0.3, 0.4) is 0 Å². The first kappa shape index (κ1) is 19.5. The highest BCUT2D eigenvalue weighted by molar-refractivity contribution is 8.00. The molecular weight excluding hydrogens is 389 g/mol. The molecule has 5 nitrogen and oxygen atoms in total. The molecule has 0 bridgehead atoms. The van der Waals surface area contributed by atoms with Crippen LogP contribution in [0.15, 0.2) is 23.1 Å². The second-order valence-electron chi connectivity index (χ2n) is 6.56. The molecule has 2 aliphatic rings. The number of hydrogen-bond acceptors (Lipinski definition) is 4. The maximum absolute atomic E-state index is 13.1. The Labute approximate surface area is 154 Å². The van der Waals surface area contributed by atoms with Crippen molar-refractivity contribution in [2.24, 2.45) is 0 Å². The lowest BCUT2D eigenvalue weighted by atomic mass is 10.1. The first-order valence-electron chi connectivity index (χ1n) is 8.07. The summed E-state index contributed by atoms with van der Waals surface area (Å²) in [6.07, 6.45) is -2.86. The van der Waals surface area contributed by atoms with E-state index in [9.17, 15) is 26.4 Å². The van der Waals surface area contributed by atoms with Crippen LogP contribution in [-0.2, 0) is 21.0 Å². The van der Waals surface area contributed by atoms with Crippen molar-refractivity contribution in [2.45, 2.75) is 42.9 Å². The van der Waals surface area contributed by atoms with Crippen LogP contribution in [0.4, 0.5) is 13.2 Å². The molecule has 1 aliphatic carbocycles. The highest BCUT2D eigenvalue weighted by Gasteiger charge is 2.44. The number of carbonyl (C=O) groups excluding carboxylic acids is 1. The van der Waals surface area contributed by atoms with Gasteiger partial charge in [-0.05, 0) is 37.5 Å². The van der Waals surface area contributed by atoms with Crippen molar-refractivity contribution < 1.29 is 26.4 Å². The number of rotatable bonds is 4. The number of benzene rings is 1. The van der Waals surface area contributed by atoms with Crippen molar-refractivity contribution in [1.29, 1.82) is 0 Å². The number of amides is 1. The van der Waals surface area contributed by atoms with Crippen LogP contribution in [0.2, 0.25) is 0 Å². The van der Waals surface area contributed by atoms with E-state index >= 15 is 0 Å². The lowest BCUT2D eigenvalue weighted by Gasteiger charge is -2.27. The van der Waals surface area contributed by atoms with Gasteiger partial charge in [0.1, 0.15) is 6.04 Å². The van der Waals surface area contributed by atoms with Gasteiger partial charge in [-0.1, -0.05) is 6.07 Å². The number of hydrogen-bond donors (Lipinski definition) is 0. The molecule has 0 spiro atoms. The van der Waals surface area contributed by atoms with Crippen LogP contribution in [0.1, 0.15) is 24.0 Å². The number of nitrogens with zero attached hydrogens (tertiary/aromatic N) is 2. The Hall–Kier alpha value is -1.26. The summed E-state index contributed by atoms with van der Waals surface area (Å²) in [4.78, 5) is 13.7. The van der Waals surface area contributed by atoms with Crippen LogP contribution < -0.4 is 0 Å². The first-order valence-corrected chi connectivity index (χ1v) is 10.7. The second kappa shape index (κ2) is 6.72. The van der Waals surface area contributed by atoms with Crippen molar-refractivity contribution in [3.63, 3.8) is 0 Å². The fourth-order valence-electron chi connectivity index (χ4n) is 2.94. The summed E-state index contributed by atoms with van der Waals surface area (Å²) >= 11 is 1.28. The van der Waals surface area contributed by atoms with Crippen LogP contribution >= 0.6 is 11.8 Å². The van der Waals surface area contributed by atoms with Gasteiger partial charge in [0.15, 0.2) is 0 Å². The minimum atomic E-state index is -4.64. The molecule has 0 aromatic heterocycles. The molecule has 2 fully saturated rings. The Morgan fingerprint density at radius 1 is 1.31 bits per heavy atom. The zero-order valence-electron chi connectivity index (χ0n) is 14.3. The average Bonchev–Trinajstić information content (AvgIpc) is 3.28. The molecule has 1 unspecified atom stereocenters. The Balaban J connectivity index is 1.93. The number of carbonyl (C=O) groups is 1. The van der Waals surface area contributed by atoms with Gasteiger partial charge in [-0.2, -0.15) is 17.5 Å². The number of likely N-dealkylation sites (N-methyl/N-ethyl adjacent to an activating group) is 1. The topological polar surface area (TPSA) is 57.7 Å². The van der Waals surface area contributed by atoms with Gasteiger partial charge in [0.25, 0.3) is 0 Å². The monoisotopic (exact) mass is 408 g/mol. The largest absolute Gasteiger partial charge is 0.416 e. The van der Waals surface area contributed by atoms with Gasteiger partial charge in [0.05, 0.1) is 16.3 Å². The minimum Gasteiger partial charge on any atom is -0.341 e. The van der Waals surface area contributed by atoms with Crippen molar-refractivity contribution in [3.05, 3.63) is 29.3 Å². The van der Waals surface area contributed by atoms with E-state index < -0.39 is 32.7 Å². The normalized spacial score (nSPS) is 21.8. The van der Waals surface area contributed by atoms with E-state index in [1.54, 1.807) is 11.9 Å². The van der Waals surface area contributed by atoms with Gasteiger partial charge in [-0.25, -0.2) is 8.42 Å². The Morgan fingerprint density at radius 2 is 1.96 bits per heavy atom. The molecule has 1 aromatic carbocycles. The maximum Gasteiger partial charge on any atom is 0.416 e. The molecule has 1 aliphatic heterocycles. The fourth-order valence-corrected chi connectivity index (χ4v) is 6.10. The van der Waals surface area contributed by atoms with Crippen LogP contribution in [0.25, 0.3) is 0 Å². The van der Waals surface area contributed by atoms with E-state index in [1.165, 1.54) is 18.7 Å². The smallest absolute Gasteiger partial charge is 0.341 e. The Morgan fingerprint density at radius 3 is 2.54 bits per heavy atom. The standard InChI is InChI=1S/C16H19F3N2O3S2/c1-10-3-6-12(7-13(10)16(17,18)19)26(23,24)21-9-25-8-14(21)15(22)20(2)11-4-5-11/h3,6-7,11,14H,4-5,8-9H2,1-2H3. The van der Waals surface area contributed by atoms with E-state index in [0.717, 1.165) is 29.3 Å². The molecule has 26 heavy (non-hydrogen) atoms. The molecule has 1 saturated heterocycles. The number of halogens is 3. The summed E-state index contributed by atoms with van der Waals surface area (Å²) in [6.45, 7) is 1.28. The predicted octanol–water partition coefficient (Wildman–Crippen LogP) is 2.70. The zero-order chi connectivity index (χ0) is 19.3. The molecule has 3 rings (SSSR count). The Bertz CT molecular complexity index is 823. The lowest BCUT2D eigenvalue weighted by molar-refractivity contribution is -0.138. The quantitative estimate of drug-likeness (QED) is 0.769. The zero-order valence-corrected chi connectivity index (χ0v) is 15.9. The van der Waals surface area contributed by atoms with Crippen LogP contribution in [-0.4, -0.2) is 54.3 Å². The van der Waals surface area contributed by atoms with E-state index in [-0.39, 0.29) is 23.4 Å². The third kappa shape index (κ3) is 3.59. The summed E-state index contributed by atoms with van der Waals surface area (Å²) in [5.41, 5.74) is -1.03. The third-order valence-corrected chi connectivity index (χ3v) is 7.72. The van der Waals surface area contributed by atoms with Crippen molar-refractivity contribution in [2.75, 3.05) is 18.7 Å². The van der Waals surface area contributed by atoms with Gasteiger partial charge >= 0.3 is 6.18 Å². The highest BCUT2D eigenvalue weighted by atomic mass is 32.2. The molecule has 0 N–H and O–H groups in total. The predicted molar refractivity (Wildman–Crippen MR) is 92.1 cm³/mol. The summed E-state index contributed by atoms with van der Waals surface area (Å²) in [5, 5.41) is 0. The summed E-state index contributed by atoms with van der Waals surface area (Å²) in [7, 11) is -2.57. The number of alkyl halides is 3. The molecule has 1 aromatic rings. The minimum absolute atomic E-state index is 0.0478. The molecule has 1 atom stereocenters. The molecule has 0 radical (unpaired) electrons.